The van der Waals surface area contributed by atoms with E-state index in [1.165, 1.54) is 0 Å². The van der Waals surface area contributed by atoms with Gasteiger partial charge in [-0.15, -0.1) is 0 Å². The van der Waals surface area contributed by atoms with Crippen molar-refractivity contribution in [2.45, 2.75) is 124 Å². The molecule has 2 aliphatic rings. The van der Waals surface area contributed by atoms with E-state index < -0.39 is 11.6 Å². The van der Waals surface area contributed by atoms with Crippen LogP contribution in [-0.2, 0) is 9.47 Å². The van der Waals surface area contributed by atoms with Gasteiger partial charge in [-0.05, 0) is 76.8 Å². The second-order valence-electron chi connectivity index (χ2n) is 13.2. The van der Waals surface area contributed by atoms with Gasteiger partial charge < -0.3 is 34.9 Å². The monoisotopic (exact) mass is 575 g/mol. The van der Waals surface area contributed by atoms with Crippen LogP contribution in [0.5, 0.6) is 5.75 Å². The molecule has 2 fully saturated rings. The third-order valence-electron chi connectivity index (χ3n) is 8.15. The van der Waals surface area contributed by atoms with Gasteiger partial charge in [0.2, 0.25) is 0 Å². The highest BCUT2D eigenvalue weighted by molar-refractivity contribution is 5.92. The summed E-state index contributed by atoms with van der Waals surface area (Å²) in [7, 11) is 0. The van der Waals surface area contributed by atoms with Gasteiger partial charge in [-0.25, -0.2) is 14.4 Å². The molecule has 0 spiro atoms. The molecule has 1 aromatic rings. The minimum atomic E-state index is -1.02. The molecule has 230 valence electrons. The number of hydrogen-bond acceptors (Lipinski definition) is 7. The Morgan fingerprint density at radius 2 is 1.66 bits per heavy atom. The molecular weight excluding hydrogens is 526 g/mol. The quantitative estimate of drug-likeness (QED) is 0.294. The highest BCUT2D eigenvalue weighted by atomic mass is 16.6. The first-order valence-electron chi connectivity index (χ1n) is 14.8. The number of carbonyl (C=O) groups excluding carboxylic acids is 2. The van der Waals surface area contributed by atoms with Crippen molar-refractivity contribution in [2.75, 3.05) is 18.4 Å². The fourth-order valence-electron chi connectivity index (χ4n) is 5.08. The molecule has 1 unspecified atom stereocenters. The molecule has 1 saturated heterocycles. The molecule has 1 saturated carbocycles. The van der Waals surface area contributed by atoms with Crippen LogP contribution in [0.15, 0.2) is 12.1 Å². The van der Waals surface area contributed by atoms with Gasteiger partial charge >= 0.3 is 18.2 Å². The number of carbonyl (C=O) groups is 3. The zero-order valence-electron chi connectivity index (χ0n) is 26.0. The maximum atomic E-state index is 12.5. The number of nitrogens with zero attached hydrogens (tertiary/aromatic N) is 1. The molecule has 1 aliphatic heterocycles. The Labute approximate surface area is 244 Å². The Bertz CT molecular complexity index is 1080. The third-order valence-corrected chi connectivity index (χ3v) is 8.15. The van der Waals surface area contributed by atoms with E-state index in [9.17, 15) is 19.5 Å². The first kappa shape index (κ1) is 32.3. The normalized spacial score (nSPS) is 20.4. The van der Waals surface area contributed by atoms with Gasteiger partial charge in [0.1, 0.15) is 23.6 Å². The van der Waals surface area contributed by atoms with Gasteiger partial charge in [-0.1, -0.05) is 34.1 Å². The number of likely N-dealkylation sites (tertiary alicyclic amines) is 1. The number of rotatable bonds is 10. The Balaban J connectivity index is 1.55. The molecule has 1 atom stereocenters. The van der Waals surface area contributed by atoms with Crippen LogP contribution in [0.25, 0.3) is 0 Å². The number of carboxylic acid groups (broad SMARTS) is 1. The number of alkyl carbamates (subject to hydrolysis) is 1. The number of anilines is 1. The van der Waals surface area contributed by atoms with E-state index in [2.05, 4.69) is 17.6 Å². The predicted octanol–water partition coefficient (Wildman–Crippen LogP) is 6.36. The van der Waals surface area contributed by atoms with Crippen molar-refractivity contribution in [1.29, 1.82) is 0 Å². The summed E-state index contributed by atoms with van der Waals surface area (Å²) in [5.41, 5.74) is 0.884. The van der Waals surface area contributed by atoms with Crippen LogP contribution in [0.3, 0.4) is 0 Å². The van der Waals surface area contributed by atoms with Gasteiger partial charge in [0.05, 0.1) is 18.7 Å². The molecule has 10 nitrogen and oxygen atoms in total. The first-order valence-corrected chi connectivity index (χ1v) is 14.8. The molecule has 1 aliphatic carbocycles. The van der Waals surface area contributed by atoms with E-state index in [0.29, 0.717) is 30.1 Å². The predicted molar refractivity (Wildman–Crippen MR) is 158 cm³/mol. The minimum absolute atomic E-state index is 0.0406. The molecule has 2 amide bonds. The number of benzene rings is 1. The van der Waals surface area contributed by atoms with Crippen molar-refractivity contribution < 1.29 is 33.7 Å². The van der Waals surface area contributed by atoms with Gasteiger partial charge in [-0.2, -0.15) is 0 Å². The zero-order chi connectivity index (χ0) is 30.5. The SMILES string of the molecule is CCCC(C)(C)OC(=O)N1CC(Oc2cc(NC3CCC(NC(=O)OC(C)C(C)(C)C)CC3)c(C)c(C(=O)O)c2)C1. The molecule has 0 radical (unpaired) electrons. The van der Waals surface area contributed by atoms with E-state index in [0.717, 1.165) is 38.5 Å². The third kappa shape index (κ3) is 9.16. The lowest BCUT2D eigenvalue weighted by atomic mass is 9.90. The molecule has 0 bridgehead atoms. The van der Waals surface area contributed by atoms with Crippen molar-refractivity contribution in [3.8, 4) is 5.75 Å². The summed E-state index contributed by atoms with van der Waals surface area (Å²) in [6.07, 6.45) is 3.75. The maximum absolute atomic E-state index is 12.5. The standard InChI is InChI=1S/C31H49N3O7/c1-9-14-31(7,8)41-29(38)34-17-24(18-34)40-23-15-25(27(35)36)19(2)26(16-23)32-21-10-12-22(13-11-21)33-28(37)39-20(3)30(4,5)6/h15-16,20-22,24,32H,9-14,17-18H2,1-8H3,(H,33,37)(H,35,36). The van der Waals surface area contributed by atoms with Crippen LogP contribution < -0.4 is 15.4 Å². The molecule has 0 aromatic heterocycles. The number of carboxylic acids is 1. The topological polar surface area (TPSA) is 126 Å². The lowest BCUT2D eigenvalue weighted by Crippen LogP contribution is -2.57. The van der Waals surface area contributed by atoms with E-state index in [4.69, 9.17) is 14.2 Å². The van der Waals surface area contributed by atoms with Crippen molar-refractivity contribution in [3.63, 3.8) is 0 Å². The van der Waals surface area contributed by atoms with Gasteiger partial charge in [0, 0.05) is 23.8 Å². The van der Waals surface area contributed by atoms with Crippen molar-refractivity contribution in [2.24, 2.45) is 5.41 Å². The molecule has 41 heavy (non-hydrogen) atoms. The Morgan fingerprint density at radius 1 is 1.05 bits per heavy atom. The van der Waals surface area contributed by atoms with E-state index in [1.807, 2.05) is 47.6 Å². The van der Waals surface area contributed by atoms with Gasteiger partial charge in [0.25, 0.3) is 0 Å². The van der Waals surface area contributed by atoms with E-state index in [-0.39, 0.29) is 47.5 Å². The maximum Gasteiger partial charge on any atom is 0.410 e. The number of ether oxygens (including phenoxy) is 3. The molecule has 1 heterocycles. The fraction of sp³-hybridized carbons (Fsp3) is 0.710. The summed E-state index contributed by atoms with van der Waals surface area (Å²) < 4.78 is 17.2. The highest BCUT2D eigenvalue weighted by Gasteiger charge is 2.36. The second kappa shape index (κ2) is 13.2. The molecule has 3 rings (SSSR count). The Morgan fingerprint density at radius 3 is 2.22 bits per heavy atom. The summed E-state index contributed by atoms with van der Waals surface area (Å²) in [6.45, 7) is 16.4. The first-order chi connectivity index (χ1) is 19.1. The Hall–Kier alpha value is -3.17. The highest BCUT2D eigenvalue weighted by Crippen LogP contribution is 2.32. The van der Waals surface area contributed by atoms with Crippen LogP contribution in [-0.4, -0.2) is 71.1 Å². The second-order valence-corrected chi connectivity index (χ2v) is 13.2. The smallest absolute Gasteiger partial charge is 0.410 e. The van der Waals surface area contributed by atoms with Crippen LogP contribution in [0, 0.1) is 12.3 Å². The molecule has 3 N–H and O–H groups in total. The summed E-state index contributed by atoms with van der Waals surface area (Å²) in [6, 6.07) is 3.55. The lowest BCUT2D eigenvalue weighted by molar-refractivity contribution is -0.0311. The Kier molecular flexibility index (Phi) is 10.4. The summed E-state index contributed by atoms with van der Waals surface area (Å²) in [4.78, 5) is 38.4. The van der Waals surface area contributed by atoms with Gasteiger partial charge in [0.15, 0.2) is 0 Å². The van der Waals surface area contributed by atoms with E-state index in [1.54, 1.807) is 17.9 Å². The lowest BCUT2D eigenvalue weighted by Gasteiger charge is -2.40. The molecule has 1 aromatic carbocycles. The average Bonchev–Trinajstić information content (AvgIpc) is 2.82. The largest absolute Gasteiger partial charge is 0.487 e. The minimum Gasteiger partial charge on any atom is -0.487 e. The fourth-order valence-corrected chi connectivity index (χ4v) is 5.08. The zero-order valence-corrected chi connectivity index (χ0v) is 26.0. The molecule has 10 heteroatoms. The number of nitrogens with one attached hydrogen (secondary N) is 2. The number of aromatic carboxylic acids is 1. The van der Waals surface area contributed by atoms with E-state index >= 15 is 0 Å². The number of amides is 2. The van der Waals surface area contributed by atoms with Crippen LogP contribution in [0.1, 0.15) is 103 Å². The van der Waals surface area contributed by atoms with Crippen LogP contribution in [0.2, 0.25) is 0 Å². The summed E-state index contributed by atoms with van der Waals surface area (Å²) >= 11 is 0. The van der Waals surface area contributed by atoms with Crippen molar-refractivity contribution >= 4 is 23.8 Å². The van der Waals surface area contributed by atoms with Crippen molar-refractivity contribution in [1.82, 2.24) is 10.2 Å². The summed E-state index contributed by atoms with van der Waals surface area (Å²) in [5, 5.41) is 16.3. The van der Waals surface area contributed by atoms with Crippen LogP contribution >= 0.6 is 0 Å². The van der Waals surface area contributed by atoms with Crippen molar-refractivity contribution in [3.05, 3.63) is 23.3 Å². The molecular formula is C31H49N3O7. The van der Waals surface area contributed by atoms with Gasteiger partial charge in [-0.3, -0.25) is 0 Å². The van der Waals surface area contributed by atoms with Crippen LogP contribution in [0.4, 0.5) is 15.3 Å². The summed E-state index contributed by atoms with van der Waals surface area (Å²) in [5.74, 6) is -0.574. The average molecular weight is 576 g/mol. The number of hydrogen-bond donors (Lipinski definition) is 3.